The lowest BCUT2D eigenvalue weighted by atomic mass is 10.2. The Labute approximate surface area is 131 Å². The first-order chi connectivity index (χ1) is 9.78. The molecule has 0 aromatic heterocycles. The van der Waals surface area contributed by atoms with Gasteiger partial charge >= 0.3 is 0 Å². The van der Waals surface area contributed by atoms with Gasteiger partial charge in [0.25, 0.3) is 6.47 Å². The van der Waals surface area contributed by atoms with E-state index in [1.165, 1.54) is 30.2 Å². The molecular weight excluding hydrogens is 288 g/mol. The molecule has 2 heterocycles. The van der Waals surface area contributed by atoms with E-state index < -0.39 is 0 Å². The summed E-state index contributed by atoms with van der Waals surface area (Å²) >= 11 is 1.22. The third kappa shape index (κ3) is 5.67. The molecular formula is C14H26N4O2S. The summed E-state index contributed by atoms with van der Waals surface area (Å²) in [7, 11) is 2.15. The third-order valence-corrected chi connectivity index (χ3v) is 4.02. The lowest BCUT2D eigenvalue weighted by Gasteiger charge is -2.40. The van der Waals surface area contributed by atoms with Gasteiger partial charge in [0, 0.05) is 25.2 Å². The van der Waals surface area contributed by atoms with Crippen molar-refractivity contribution in [3.63, 3.8) is 0 Å². The maximum absolute atomic E-state index is 9.60. The van der Waals surface area contributed by atoms with Crippen molar-refractivity contribution in [1.82, 2.24) is 9.80 Å². The SMILES string of the molecule is CC(C)(C)OC=O.CN1CC2CCC(C1)N2C(=N)SC=N. The zero-order chi connectivity index (χ0) is 16.0. The Kier molecular flexibility index (Phi) is 6.67. The van der Waals surface area contributed by atoms with E-state index in [4.69, 9.17) is 10.8 Å². The van der Waals surface area contributed by atoms with Crippen molar-refractivity contribution in [1.29, 1.82) is 10.8 Å². The average Bonchev–Trinajstić information content (AvgIpc) is 2.61. The zero-order valence-corrected chi connectivity index (χ0v) is 14.1. The number of nitrogens with one attached hydrogen (secondary N) is 2. The maximum atomic E-state index is 9.60. The van der Waals surface area contributed by atoms with Gasteiger partial charge in [0.15, 0.2) is 5.17 Å². The number of hydrogen-bond donors (Lipinski definition) is 2. The van der Waals surface area contributed by atoms with Crippen molar-refractivity contribution < 1.29 is 9.53 Å². The molecule has 2 unspecified atom stereocenters. The highest BCUT2D eigenvalue weighted by atomic mass is 32.2. The standard InChI is InChI=1S/C9H16N4S.C5H10O2/c1-12-4-7-2-3-8(5-12)13(7)9(11)14-6-10;1-5(2,3)7-4-6/h6-8,10-11H,2-5H2,1H3;4H,1-3H3. The van der Waals surface area contributed by atoms with Crippen LogP contribution in [0.5, 0.6) is 0 Å². The summed E-state index contributed by atoms with van der Waals surface area (Å²) < 4.78 is 4.55. The van der Waals surface area contributed by atoms with E-state index in [1.54, 1.807) is 0 Å². The van der Waals surface area contributed by atoms with E-state index in [9.17, 15) is 4.79 Å². The van der Waals surface area contributed by atoms with Crippen LogP contribution in [-0.4, -0.2) is 64.8 Å². The largest absolute Gasteiger partial charge is 0.462 e. The van der Waals surface area contributed by atoms with Crippen LogP contribution in [0.1, 0.15) is 33.6 Å². The third-order valence-electron chi connectivity index (χ3n) is 3.47. The zero-order valence-electron chi connectivity index (χ0n) is 13.3. The smallest absolute Gasteiger partial charge is 0.293 e. The number of likely N-dealkylation sites (N-methyl/N-ethyl adjacent to an activating group) is 1. The minimum atomic E-state index is -0.318. The summed E-state index contributed by atoms with van der Waals surface area (Å²) in [6.45, 7) is 8.05. The fourth-order valence-electron chi connectivity index (χ4n) is 2.71. The van der Waals surface area contributed by atoms with Gasteiger partial charge in [0.1, 0.15) is 5.60 Å². The number of nitrogens with zero attached hydrogens (tertiary/aromatic N) is 2. The van der Waals surface area contributed by atoms with Crippen LogP contribution < -0.4 is 0 Å². The number of rotatable bonds is 2. The van der Waals surface area contributed by atoms with E-state index in [0.29, 0.717) is 23.7 Å². The quantitative estimate of drug-likeness (QED) is 0.463. The molecule has 2 aliphatic rings. The predicted octanol–water partition coefficient (Wildman–Crippen LogP) is 2.00. The highest BCUT2D eigenvalue weighted by Crippen LogP contribution is 2.31. The van der Waals surface area contributed by atoms with Gasteiger partial charge in [-0.15, -0.1) is 0 Å². The van der Waals surface area contributed by atoms with E-state index in [0.717, 1.165) is 13.1 Å². The second-order valence-corrected chi connectivity index (χ2v) is 7.24. The van der Waals surface area contributed by atoms with Gasteiger partial charge in [0.05, 0.1) is 5.55 Å². The van der Waals surface area contributed by atoms with Gasteiger partial charge in [-0.1, -0.05) is 0 Å². The monoisotopic (exact) mass is 314 g/mol. The Balaban J connectivity index is 0.000000270. The predicted molar refractivity (Wildman–Crippen MR) is 87.1 cm³/mol. The molecule has 2 N–H and O–H groups in total. The number of amidine groups is 1. The molecule has 2 bridgehead atoms. The Morgan fingerprint density at radius 2 is 1.81 bits per heavy atom. The molecule has 6 nitrogen and oxygen atoms in total. The normalized spacial score (nSPS) is 24.9. The molecule has 2 atom stereocenters. The summed E-state index contributed by atoms with van der Waals surface area (Å²) in [5.41, 5.74) is 0.932. The summed E-state index contributed by atoms with van der Waals surface area (Å²) in [4.78, 5) is 14.2. The lowest BCUT2D eigenvalue weighted by molar-refractivity contribution is -0.138. The van der Waals surface area contributed by atoms with E-state index in [-0.39, 0.29) is 5.60 Å². The van der Waals surface area contributed by atoms with Crippen LogP contribution in [0.3, 0.4) is 0 Å². The minimum absolute atomic E-state index is 0.318. The average molecular weight is 314 g/mol. The van der Waals surface area contributed by atoms with Crippen molar-refractivity contribution in [2.24, 2.45) is 0 Å². The number of ether oxygens (including phenoxy) is 1. The van der Waals surface area contributed by atoms with Crippen molar-refractivity contribution >= 4 is 28.9 Å². The lowest BCUT2D eigenvalue weighted by Crippen LogP contribution is -2.53. The molecule has 2 aliphatic heterocycles. The van der Waals surface area contributed by atoms with Crippen molar-refractivity contribution in [2.45, 2.75) is 51.3 Å². The molecule has 21 heavy (non-hydrogen) atoms. The molecule has 0 aromatic rings. The van der Waals surface area contributed by atoms with E-state index in [2.05, 4.69) is 21.6 Å². The summed E-state index contributed by atoms with van der Waals surface area (Å²) in [5, 5.41) is 15.4. The van der Waals surface area contributed by atoms with E-state index >= 15 is 0 Å². The molecule has 2 rings (SSSR count). The Hall–Kier alpha value is -1.08. The highest BCUT2D eigenvalue weighted by molar-refractivity contribution is 8.24. The fourth-order valence-corrected chi connectivity index (χ4v) is 3.24. The molecule has 0 spiro atoms. The van der Waals surface area contributed by atoms with Gasteiger partial charge in [0.2, 0.25) is 0 Å². The van der Waals surface area contributed by atoms with Gasteiger partial charge in [-0.25, -0.2) is 0 Å². The number of carbonyl (C=O) groups is 1. The summed E-state index contributed by atoms with van der Waals surface area (Å²) in [5.74, 6) is 0. The van der Waals surface area contributed by atoms with Crippen LogP contribution in [0.2, 0.25) is 0 Å². The number of fused-ring (bicyclic) bond motifs is 2. The van der Waals surface area contributed by atoms with Gasteiger partial charge in [-0.2, -0.15) is 0 Å². The first kappa shape index (κ1) is 18.0. The number of hydrogen-bond acceptors (Lipinski definition) is 6. The molecule has 2 saturated heterocycles. The highest BCUT2D eigenvalue weighted by Gasteiger charge is 2.39. The molecule has 0 saturated carbocycles. The molecule has 2 fully saturated rings. The van der Waals surface area contributed by atoms with E-state index in [1.807, 2.05) is 20.8 Å². The Bertz CT molecular complexity index is 370. The molecule has 120 valence electrons. The van der Waals surface area contributed by atoms with Crippen molar-refractivity contribution in [2.75, 3.05) is 20.1 Å². The van der Waals surface area contributed by atoms with Crippen molar-refractivity contribution in [3.8, 4) is 0 Å². The second kappa shape index (κ2) is 7.79. The van der Waals surface area contributed by atoms with Crippen LogP contribution >= 0.6 is 11.8 Å². The molecule has 0 amide bonds. The number of likely N-dealkylation sites (tertiary alicyclic amines) is 1. The van der Waals surface area contributed by atoms with Crippen LogP contribution in [0, 0.1) is 10.8 Å². The van der Waals surface area contributed by atoms with Gasteiger partial charge in [-0.3, -0.25) is 10.2 Å². The van der Waals surface area contributed by atoms with Crippen LogP contribution in [0.4, 0.5) is 0 Å². The van der Waals surface area contributed by atoms with Crippen LogP contribution in [-0.2, 0) is 9.53 Å². The summed E-state index contributed by atoms with van der Waals surface area (Å²) in [6, 6.07) is 1.03. The second-order valence-electron chi connectivity index (χ2n) is 6.38. The molecule has 0 radical (unpaired) electrons. The Morgan fingerprint density at radius 1 is 1.29 bits per heavy atom. The molecule has 7 heteroatoms. The van der Waals surface area contributed by atoms with Crippen LogP contribution in [0.15, 0.2) is 0 Å². The summed E-state index contributed by atoms with van der Waals surface area (Å²) in [6.07, 6.45) is 2.41. The first-order valence-electron chi connectivity index (χ1n) is 7.11. The van der Waals surface area contributed by atoms with Gasteiger partial charge < -0.3 is 19.9 Å². The first-order valence-corrected chi connectivity index (χ1v) is 7.99. The minimum Gasteiger partial charge on any atom is -0.462 e. The maximum Gasteiger partial charge on any atom is 0.293 e. The van der Waals surface area contributed by atoms with Crippen LogP contribution in [0.25, 0.3) is 0 Å². The van der Waals surface area contributed by atoms with Gasteiger partial charge in [-0.05, 0) is 52.4 Å². The molecule has 0 aromatic carbocycles. The fraction of sp³-hybridized carbons (Fsp3) is 0.786. The topological polar surface area (TPSA) is 80.5 Å². The van der Waals surface area contributed by atoms with Crippen molar-refractivity contribution in [3.05, 3.63) is 0 Å². The number of carbonyl (C=O) groups excluding carboxylic acids is 1. The molecule has 0 aliphatic carbocycles. The number of piperazine rings is 1. The Morgan fingerprint density at radius 3 is 2.14 bits per heavy atom. The number of thioether (sulfide) groups is 1.